The summed E-state index contributed by atoms with van der Waals surface area (Å²) >= 11 is 0. The highest BCUT2D eigenvalue weighted by Crippen LogP contribution is 2.36. The van der Waals surface area contributed by atoms with Gasteiger partial charge in [-0.15, -0.1) is 0 Å². The fourth-order valence-electron chi connectivity index (χ4n) is 2.66. The summed E-state index contributed by atoms with van der Waals surface area (Å²) in [6, 6.07) is 10.2. The van der Waals surface area contributed by atoms with E-state index in [2.05, 4.69) is 24.3 Å². The molecule has 18 heavy (non-hydrogen) atoms. The lowest BCUT2D eigenvalue weighted by atomic mass is 9.78. The van der Waals surface area contributed by atoms with Crippen LogP contribution in [0.2, 0.25) is 0 Å². The van der Waals surface area contributed by atoms with Crippen LogP contribution < -0.4 is 0 Å². The number of methoxy groups -OCH3 is 1. The van der Waals surface area contributed by atoms with Crippen LogP contribution in [0.3, 0.4) is 0 Å². The number of nitriles is 1. The van der Waals surface area contributed by atoms with Crippen molar-refractivity contribution in [1.82, 2.24) is 0 Å². The van der Waals surface area contributed by atoms with Crippen molar-refractivity contribution < 1.29 is 4.74 Å². The maximum Gasteiger partial charge on any atom is 0.0991 e. The highest BCUT2D eigenvalue weighted by atomic mass is 16.5. The summed E-state index contributed by atoms with van der Waals surface area (Å²) in [6.45, 7) is 0. The summed E-state index contributed by atoms with van der Waals surface area (Å²) in [6.07, 6.45) is 8.88. The third-order valence-corrected chi connectivity index (χ3v) is 3.77. The van der Waals surface area contributed by atoms with Crippen molar-refractivity contribution in [3.05, 3.63) is 47.7 Å². The zero-order valence-electron chi connectivity index (χ0n) is 10.8. The van der Waals surface area contributed by atoms with Crippen molar-refractivity contribution >= 4 is 0 Å². The summed E-state index contributed by atoms with van der Waals surface area (Å²) < 4.78 is 4.97. The Labute approximate surface area is 109 Å². The predicted molar refractivity (Wildman–Crippen MR) is 72.0 cm³/mol. The SMILES string of the molecule is COC=CC1CCC(c2ccc(C#N)cc2)CC1. The molecule has 0 spiro atoms. The van der Waals surface area contributed by atoms with Gasteiger partial charge in [-0.1, -0.05) is 12.1 Å². The first-order valence-corrected chi connectivity index (χ1v) is 6.53. The second-order valence-electron chi connectivity index (χ2n) is 4.91. The summed E-state index contributed by atoms with van der Waals surface area (Å²) in [5.41, 5.74) is 2.12. The molecule has 0 aliphatic heterocycles. The molecule has 0 atom stereocenters. The molecule has 94 valence electrons. The van der Waals surface area contributed by atoms with Crippen LogP contribution >= 0.6 is 0 Å². The quantitative estimate of drug-likeness (QED) is 0.749. The third kappa shape index (κ3) is 3.13. The molecular weight excluding hydrogens is 222 g/mol. The van der Waals surface area contributed by atoms with Crippen LogP contribution in [0.5, 0.6) is 0 Å². The van der Waals surface area contributed by atoms with Gasteiger partial charge in [-0.3, -0.25) is 0 Å². The fourth-order valence-corrected chi connectivity index (χ4v) is 2.66. The highest BCUT2D eigenvalue weighted by molar-refractivity contribution is 5.33. The van der Waals surface area contributed by atoms with E-state index in [0.717, 1.165) is 5.56 Å². The van der Waals surface area contributed by atoms with E-state index in [1.807, 2.05) is 12.1 Å². The Morgan fingerprint density at radius 2 is 1.83 bits per heavy atom. The zero-order chi connectivity index (χ0) is 12.8. The molecule has 0 saturated heterocycles. The molecule has 1 aromatic rings. The Morgan fingerprint density at radius 3 is 2.39 bits per heavy atom. The van der Waals surface area contributed by atoms with Crippen molar-refractivity contribution in [3.8, 4) is 6.07 Å². The van der Waals surface area contributed by atoms with Crippen LogP contribution in [0, 0.1) is 17.2 Å². The number of hydrogen-bond acceptors (Lipinski definition) is 2. The molecule has 0 aromatic heterocycles. The molecule has 1 saturated carbocycles. The first-order chi connectivity index (χ1) is 8.83. The Morgan fingerprint density at radius 1 is 1.17 bits per heavy atom. The van der Waals surface area contributed by atoms with Gasteiger partial charge < -0.3 is 4.74 Å². The van der Waals surface area contributed by atoms with Crippen molar-refractivity contribution in [1.29, 1.82) is 5.26 Å². The monoisotopic (exact) mass is 241 g/mol. The van der Waals surface area contributed by atoms with Crippen LogP contribution in [-0.4, -0.2) is 7.11 Å². The fraction of sp³-hybridized carbons (Fsp3) is 0.438. The van der Waals surface area contributed by atoms with E-state index >= 15 is 0 Å². The van der Waals surface area contributed by atoms with Crippen LogP contribution in [0.15, 0.2) is 36.6 Å². The molecule has 2 nitrogen and oxygen atoms in total. The highest BCUT2D eigenvalue weighted by Gasteiger charge is 2.20. The van der Waals surface area contributed by atoms with E-state index in [1.54, 1.807) is 13.4 Å². The van der Waals surface area contributed by atoms with E-state index in [1.165, 1.54) is 31.2 Å². The molecule has 0 heterocycles. The number of hydrogen-bond donors (Lipinski definition) is 0. The summed E-state index contributed by atoms with van der Waals surface area (Å²) in [4.78, 5) is 0. The van der Waals surface area contributed by atoms with Gasteiger partial charge in [0.2, 0.25) is 0 Å². The molecule has 0 amide bonds. The molecule has 1 aliphatic carbocycles. The second kappa shape index (κ2) is 6.26. The van der Waals surface area contributed by atoms with Crippen LogP contribution in [0.25, 0.3) is 0 Å². The number of ether oxygens (including phenoxy) is 1. The minimum Gasteiger partial charge on any atom is -0.505 e. The lowest BCUT2D eigenvalue weighted by Crippen LogP contribution is -2.11. The van der Waals surface area contributed by atoms with E-state index in [0.29, 0.717) is 11.8 Å². The molecule has 1 fully saturated rings. The summed E-state index contributed by atoms with van der Waals surface area (Å²) in [5.74, 6) is 1.32. The van der Waals surface area contributed by atoms with Gasteiger partial charge in [-0.25, -0.2) is 0 Å². The molecule has 1 aliphatic rings. The molecule has 2 heteroatoms. The Balaban J connectivity index is 1.93. The van der Waals surface area contributed by atoms with Gasteiger partial charge >= 0.3 is 0 Å². The maximum absolute atomic E-state index is 8.79. The van der Waals surface area contributed by atoms with Crippen LogP contribution in [-0.2, 0) is 4.74 Å². The lowest BCUT2D eigenvalue weighted by molar-refractivity contribution is 0.322. The molecular formula is C16H19NO. The van der Waals surface area contributed by atoms with Crippen molar-refractivity contribution in [2.24, 2.45) is 5.92 Å². The first kappa shape index (κ1) is 12.7. The first-order valence-electron chi connectivity index (χ1n) is 6.53. The average molecular weight is 241 g/mol. The van der Waals surface area contributed by atoms with Gasteiger partial charge in [0.1, 0.15) is 0 Å². The Kier molecular flexibility index (Phi) is 4.41. The molecule has 0 radical (unpaired) electrons. The molecule has 2 rings (SSSR count). The van der Waals surface area contributed by atoms with Crippen molar-refractivity contribution in [2.45, 2.75) is 31.6 Å². The zero-order valence-corrected chi connectivity index (χ0v) is 10.8. The van der Waals surface area contributed by atoms with Gasteiger partial charge in [0, 0.05) is 0 Å². The second-order valence-corrected chi connectivity index (χ2v) is 4.91. The summed E-state index contributed by atoms with van der Waals surface area (Å²) in [7, 11) is 1.69. The predicted octanol–water partition coefficient (Wildman–Crippen LogP) is 3.99. The molecule has 1 aromatic carbocycles. The topological polar surface area (TPSA) is 33.0 Å². The largest absolute Gasteiger partial charge is 0.505 e. The number of benzene rings is 1. The van der Waals surface area contributed by atoms with Gasteiger partial charge in [0.15, 0.2) is 0 Å². The molecule has 0 unspecified atom stereocenters. The Hall–Kier alpha value is -1.75. The van der Waals surface area contributed by atoms with Crippen LogP contribution in [0.4, 0.5) is 0 Å². The van der Waals surface area contributed by atoms with E-state index in [-0.39, 0.29) is 0 Å². The standard InChI is InChI=1S/C16H19NO/c1-18-11-10-13-2-6-15(7-3-13)16-8-4-14(12-17)5-9-16/h4-5,8-11,13,15H,2-3,6-7H2,1H3. The smallest absolute Gasteiger partial charge is 0.0991 e. The van der Waals surface area contributed by atoms with Crippen LogP contribution in [0.1, 0.15) is 42.7 Å². The van der Waals surface area contributed by atoms with Gasteiger partial charge in [0.25, 0.3) is 0 Å². The third-order valence-electron chi connectivity index (χ3n) is 3.77. The minimum absolute atomic E-state index is 0.657. The van der Waals surface area contributed by atoms with Gasteiger partial charge in [-0.2, -0.15) is 5.26 Å². The van der Waals surface area contributed by atoms with Crippen molar-refractivity contribution in [2.75, 3.05) is 7.11 Å². The van der Waals surface area contributed by atoms with Gasteiger partial charge in [-0.05, 0) is 61.3 Å². The lowest BCUT2D eigenvalue weighted by Gasteiger charge is -2.26. The van der Waals surface area contributed by atoms with E-state index in [4.69, 9.17) is 10.00 Å². The Bertz CT molecular complexity index is 433. The average Bonchev–Trinajstić information content (AvgIpc) is 2.46. The van der Waals surface area contributed by atoms with E-state index < -0.39 is 0 Å². The molecule has 0 N–H and O–H groups in total. The maximum atomic E-state index is 8.79. The van der Waals surface area contributed by atoms with E-state index in [9.17, 15) is 0 Å². The number of allylic oxidation sites excluding steroid dienone is 1. The number of nitrogens with zero attached hydrogens (tertiary/aromatic N) is 1. The van der Waals surface area contributed by atoms with Crippen molar-refractivity contribution in [3.63, 3.8) is 0 Å². The molecule has 0 bridgehead atoms. The number of rotatable bonds is 3. The minimum atomic E-state index is 0.657. The normalized spacial score (nSPS) is 23.8. The van der Waals surface area contributed by atoms with Gasteiger partial charge in [0.05, 0.1) is 25.0 Å². The summed E-state index contributed by atoms with van der Waals surface area (Å²) in [5, 5.41) is 8.79.